The van der Waals surface area contributed by atoms with Crippen molar-refractivity contribution in [2.75, 3.05) is 0 Å². The van der Waals surface area contributed by atoms with E-state index in [0.29, 0.717) is 12.1 Å². The zero-order chi connectivity index (χ0) is 76.8. The van der Waals surface area contributed by atoms with Gasteiger partial charge in [0.1, 0.15) is 3.70 Å². The third-order valence-electron chi connectivity index (χ3n) is 16.5. The van der Waals surface area contributed by atoms with Gasteiger partial charge in [0.2, 0.25) is 0 Å². The summed E-state index contributed by atoms with van der Waals surface area (Å²) in [6.45, 7) is 10.7. The van der Waals surface area contributed by atoms with Crippen LogP contribution in [0.2, 0.25) is 24.7 Å². The van der Waals surface area contributed by atoms with Crippen molar-refractivity contribution in [2.24, 2.45) is 0 Å². The van der Waals surface area contributed by atoms with Gasteiger partial charge in [0.05, 0.1) is 16.7 Å². The van der Waals surface area contributed by atoms with Gasteiger partial charge in [-0.1, -0.05) is 400 Å². The van der Waals surface area contributed by atoms with Crippen LogP contribution in [0.1, 0.15) is 45.5 Å². The SMILES string of the molecule is CC(C)n1nc(I)c2ccccc21.Cc1nn(C(C)C)c2ccccc12.[CH3+].[CH3][Sn]([CH3])[CH3].[CH3][Sn][CH3].[Pd].c1ccc(P(c2ccccc2)c2ccccc2)cc1.c1ccc(P(c2ccccc2)c2ccccc2)cc1.c1ccc(P(c2ccccc2)c2ccccc2)cc1.c1ccc(P(c2ccccc2)c2ccccc2)cc1. The van der Waals surface area contributed by atoms with Gasteiger partial charge in [-0.2, -0.15) is 10.2 Å². The van der Waals surface area contributed by atoms with Crippen molar-refractivity contribution in [1.82, 2.24) is 19.6 Å². The van der Waals surface area contributed by atoms with Crippen LogP contribution in [0.4, 0.5) is 0 Å². The van der Waals surface area contributed by atoms with Crippen LogP contribution < -0.4 is 63.7 Å². The summed E-state index contributed by atoms with van der Waals surface area (Å²) in [5.74, 6) is 0. The molecule has 16 aromatic rings. The van der Waals surface area contributed by atoms with Gasteiger partial charge in [-0.05, 0) is 165 Å². The Morgan fingerprint density at radius 1 is 0.270 bits per heavy atom. The van der Waals surface area contributed by atoms with Crippen molar-refractivity contribution < 1.29 is 20.4 Å². The second-order valence-electron chi connectivity index (χ2n) is 26.4. The average Bonchev–Trinajstić information content (AvgIpc) is 1.73. The summed E-state index contributed by atoms with van der Waals surface area (Å²) in [6.07, 6.45) is 0. The summed E-state index contributed by atoms with van der Waals surface area (Å²) in [5.41, 5.74) is 3.57. The molecule has 3 radical (unpaired) electrons. The summed E-state index contributed by atoms with van der Waals surface area (Å²) in [4.78, 5) is 11.7. The molecule has 0 saturated carbocycles. The van der Waals surface area contributed by atoms with Crippen LogP contribution in [-0.2, 0) is 20.4 Å². The minimum atomic E-state index is -0.543. The standard InChI is InChI=1S/4C18H15P.C11H14N2.C10H11IN2.6CH3.Pd.2Sn/c4*1-4-10-16(11-5-1)19(17-12-6-2-7-13-17)18-14-8-3-9-15-18;1-8(2)13-11-7-5-4-6-10(11)9(3)12-13;1-7(2)13-9-6-4-3-5-8(9)10(11)12-13;;;;;;;;;/h4*1-15H;4-8H,1-3H3;3-7H,1-2H3;6*1H3;;;/q;;;;;;;;;;;+1;;;. The van der Waals surface area contributed by atoms with Crippen molar-refractivity contribution in [3.8, 4) is 0 Å². The summed E-state index contributed by atoms with van der Waals surface area (Å²) < 4.78 is 5.23. The van der Waals surface area contributed by atoms with Gasteiger partial charge in [0, 0.05) is 50.7 Å². The van der Waals surface area contributed by atoms with Crippen molar-refractivity contribution in [1.29, 1.82) is 0 Å². The maximum atomic E-state index is 4.51. The number of benzene rings is 14. The molecule has 4 nitrogen and oxygen atoms in total. The fraction of sp³-hybridized carbons (Fsp3) is 0.121. The number of hydrogen-bond donors (Lipinski definition) is 0. The van der Waals surface area contributed by atoms with E-state index in [-0.39, 0.29) is 49.0 Å². The normalized spacial score (nSPS) is 10.4. The van der Waals surface area contributed by atoms with Crippen LogP contribution in [0, 0.1) is 18.1 Å². The second kappa shape index (κ2) is 50.7. The van der Waals surface area contributed by atoms with Gasteiger partial charge in [-0.15, -0.1) is 0 Å². The summed E-state index contributed by atoms with van der Waals surface area (Å²) >= 11 is 1.97. The maximum Gasteiger partial charge on any atom is 0 e. The van der Waals surface area contributed by atoms with E-state index in [9.17, 15) is 0 Å². The Morgan fingerprint density at radius 2 is 0.414 bits per heavy atom. The molecule has 0 aliphatic carbocycles. The molecule has 563 valence electrons. The topological polar surface area (TPSA) is 35.6 Å². The van der Waals surface area contributed by atoms with Gasteiger partial charge in [-0.25, -0.2) is 0 Å². The predicted octanol–water partition coefficient (Wildman–Crippen LogP) is 22.5. The molecule has 16 rings (SSSR count). The molecule has 14 aromatic carbocycles. The van der Waals surface area contributed by atoms with Crippen LogP contribution >= 0.6 is 54.3 Å². The number of nitrogens with zero attached hydrogens (tertiary/aromatic N) is 4. The Bertz CT molecular complexity index is 4150. The van der Waals surface area contributed by atoms with Gasteiger partial charge in [-0.3, -0.25) is 9.36 Å². The van der Waals surface area contributed by atoms with Crippen molar-refractivity contribution in [2.45, 2.75) is 71.4 Å². The van der Waals surface area contributed by atoms with Crippen LogP contribution in [0.25, 0.3) is 21.8 Å². The molecule has 0 fully saturated rings. The smallest absolute Gasteiger partial charge is 0 e. The Morgan fingerprint density at radius 3 is 0.595 bits per heavy atom. The monoisotopic (exact) mass is 1940 g/mol. The molecule has 0 aliphatic heterocycles. The molecule has 0 N–H and O–H groups in total. The predicted molar refractivity (Wildman–Crippen MR) is 506 cm³/mol. The molecule has 0 saturated heterocycles. The van der Waals surface area contributed by atoms with E-state index in [2.05, 4.69) is 514 Å². The van der Waals surface area contributed by atoms with E-state index in [1.807, 2.05) is 0 Å². The number of aromatic nitrogens is 4. The fourth-order valence-corrected chi connectivity index (χ4v) is 21.7. The van der Waals surface area contributed by atoms with Crippen LogP contribution in [0.15, 0.2) is 413 Å². The van der Waals surface area contributed by atoms with Crippen molar-refractivity contribution in [3.05, 3.63) is 429 Å². The first kappa shape index (κ1) is 90.8. The number of hydrogen-bond acceptors (Lipinski definition) is 2. The molecule has 0 bridgehead atoms. The molecule has 2 heterocycles. The molecule has 12 heteroatoms. The quantitative estimate of drug-likeness (QED) is 0.0471. The van der Waals surface area contributed by atoms with E-state index in [1.54, 1.807) is 0 Å². The number of rotatable bonds is 14. The summed E-state index contributed by atoms with van der Waals surface area (Å²) in [7, 11) is -1.78. The molecule has 0 aliphatic rings. The molecule has 0 amide bonds. The first-order chi connectivity index (χ1) is 53.3. The van der Waals surface area contributed by atoms with E-state index < -0.39 is 51.4 Å². The Balaban J connectivity index is 0.000000182. The molecule has 2 aromatic heterocycles. The van der Waals surface area contributed by atoms with E-state index in [1.165, 1.54) is 85.5 Å². The first-order valence-electron chi connectivity index (χ1n) is 37.1. The zero-order valence-electron chi connectivity index (χ0n) is 65.7. The Hall–Kier alpha value is -7.40. The number of para-hydroxylation sites is 2. The van der Waals surface area contributed by atoms with Gasteiger partial charge >= 0.3 is 65.6 Å². The van der Waals surface area contributed by atoms with Gasteiger partial charge in [0.25, 0.3) is 0 Å². The molecule has 0 spiro atoms. The van der Waals surface area contributed by atoms with Crippen molar-refractivity contribution in [3.63, 3.8) is 0 Å². The fourth-order valence-electron chi connectivity index (χ4n) is 11.8. The number of fused-ring (bicyclic) bond motifs is 2. The summed E-state index contributed by atoms with van der Waals surface area (Å²) in [6, 6.07) is 147. The largest absolute Gasteiger partial charge is 0.0622 e. The first-order valence-corrected chi connectivity index (χ1v) is 57.8. The van der Waals surface area contributed by atoms with Gasteiger partial charge in [0.15, 0.2) is 0 Å². The molecular weight excluding hydrogens is 1840 g/mol. The van der Waals surface area contributed by atoms with E-state index in [0.717, 1.165) is 9.39 Å². The summed E-state index contributed by atoms with van der Waals surface area (Å²) in [5, 5.41) is 28.3. The molecule has 0 atom stereocenters. The van der Waals surface area contributed by atoms with Crippen LogP contribution in [0.5, 0.6) is 0 Å². The third-order valence-corrected chi connectivity index (χ3v) is 27.1. The van der Waals surface area contributed by atoms with Crippen LogP contribution in [-0.4, -0.2) is 60.5 Å². The number of halogens is 1. The third kappa shape index (κ3) is 28.6. The molecular formula is C99H103IN4P4PdSn2+. The van der Waals surface area contributed by atoms with E-state index in [4.69, 9.17) is 0 Å². The Kier molecular flexibility index (Phi) is 41.4. The van der Waals surface area contributed by atoms with Crippen molar-refractivity contribution >= 4 is 181 Å². The number of aryl methyl sites for hydroxylation is 1. The Labute approximate surface area is 713 Å². The molecule has 0 unspecified atom stereocenters. The van der Waals surface area contributed by atoms with Crippen LogP contribution in [0.3, 0.4) is 0 Å². The van der Waals surface area contributed by atoms with E-state index >= 15 is 0 Å². The minimum absolute atomic E-state index is 0. The minimum Gasteiger partial charge on any atom is -0.0622 e. The maximum absolute atomic E-state index is 4.51. The second-order valence-corrected chi connectivity index (χ2v) is 47.7. The molecule has 111 heavy (non-hydrogen) atoms. The van der Waals surface area contributed by atoms with Gasteiger partial charge < -0.3 is 0 Å². The zero-order valence-corrected chi connectivity index (χ0v) is 78.7. The average molecular weight is 1940 g/mol.